The van der Waals surface area contributed by atoms with E-state index in [9.17, 15) is 9.59 Å². The van der Waals surface area contributed by atoms with Gasteiger partial charge in [-0.3, -0.25) is 9.59 Å². The van der Waals surface area contributed by atoms with Crippen LogP contribution < -0.4 is 4.90 Å². The van der Waals surface area contributed by atoms with Crippen molar-refractivity contribution in [2.75, 3.05) is 18.5 Å². The summed E-state index contributed by atoms with van der Waals surface area (Å²) in [4.78, 5) is 27.8. The van der Waals surface area contributed by atoms with Crippen LogP contribution in [0.1, 0.15) is 20.3 Å². The molecule has 0 radical (unpaired) electrons. The second-order valence-electron chi connectivity index (χ2n) is 5.53. The van der Waals surface area contributed by atoms with Gasteiger partial charge in [-0.25, -0.2) is 0 Å². The van der Waals surface area contributed by atoms with Gasteiger partial charge in [-0.15, -0.1) is 0 Å². The number of hydrogen-bond acceptors (Lipinski definition) is 2. The molecule has 2 rings (SSSR count). The Hall–Kier alpha value is -1.07. The fourth-order valence-corrected chi connectivity index (χ4v) is 3.34. The normalized spacial score (nSPS) is 18.5. The van der Waals surface area contributed by atoms with Gasteiger partial charge in [0, 0.05) is 30.5 Å². The number of halogens is 2. The Kier molecular flexibility index (Phi) is 4.94. The lowest BCUT2D eigenvalue weighted by Gasteiger charge is -2.24. The van der Waals surface area contributed by atoms with E-state index in [1.165, 1.54) is 4.90 Å². The minimum Gasteiger partial charge on any atom is -0.339 e. The highest BCUT2D eigenvalue weighted by Crippen LogP contribution is 2.30. The number of carbonyl (C=O) groups is 2. The third-order valence-electron chi connectivity index (χ3n) is 3.73. The van der Waals surface area contributed by atoms with Crippen molar-refractivity contribution >= 4 is 45.0 Å². The number of anilines is 1. The van der Waals surface area contributed by atoms with Crippen LogP contribution in [-0.2, 0) is 9.59 Å². The molecule has 0 saturated carbocycles. The molecule has 1 aliphatic rings. The van der Waals surface area contributed by atoms with E-state index in [-0.39, 0.29) is 30.2 Å². The molecule has 1 aromatic rings. The second kappa shape index (κ2) is 6.36. The molecule has 0 aliphatic carbocycles. The Balaban J connectivity index is 2.15. The molecule has 1 saturated heterocycles. The molecule has 2 amide bonds. The quantitative estimate of drug-likeness (QED) is 0.815. The van der Waals surface area contributed by atoms with Crippen LogP contribution in [0.5, 0.6) is 0 Å². The first kappa shape index (κ1) is 16.3. The average molecular weight is 374 g/mol. The van der Waals surface area contributed by atoms with Crippen LogP contribution in [0, 0.1) is 5.92 Å². The van der Waals surface area contributed by atoms with Crippen molar-refractivity contribution in [3.8, 4) is 0 Å². The second-order valence-corrected chi connectivity index (χ2v) is 6.86. The summed E-state index contributed by atoms with van der Waals surface area (Å²) >= 11 is 9.52. The monoisotopic (exact) mass is 372 g/mol. The molecule has 1 aromatic carbocycles. The predicted molar refractivity (Wildman–Crippen MR) is 87.5 cm³/mol. The summed E-state index contributed by atoms with van der Waals surface area (Å²) in [7, 11) is 1.69. The first-order valence-electron chi connectivity index (χ1n) is 6.83. The molecule has 0 aromatic heterocycles. The molecule has 1 fully saturated rings. The Morgan fingerprint density at radius 3 is 2.67 bits per heavy atom. The zero-order chi connectivity index (χ0) is 15.7. The maximum absolute atomic E-state index is 12.6. The van der Waals surface area contributed by atoms with Crippen LogP contribution in [0.3, 0.4) is 0 Å². The molecule has 114 valence electrons. The number of likely N-dealkylation sites (tertiary alicyclic amines) is 1. The highest BCUT2D eigenvalue weighted by Gasteiger charge is 2.37. The van der Waals surface area contributed by atoms with Gasteiger partial charge in [0.25, 0.3) is 0 Å². The van der Waals surface area contributed by atoms with E-state index >= 15 is 0 Å². The van der Waals surface area contributed by atoms with Crippen LogP contribution in [0.2, 0.25) is 5.02 Å². The SMILES string of the molecule is CC(C)N1CC(C(=O)N(C)c2ccc(Br)cc2Cl)CC1=O. The highest BCUT2D eigenvalue weighted by atomic mass is 79.9. The highest BCUT2D eigenvalue weighted by molar-refractivity contribution is 9.10. The Labute approximate surface area is 138 Å². The topological polar surface area (TPSA) is 40.6 Å². The molecule has 1 aliphatic heterocycles. The summed E-state index contributed by atoms with van der Waals surface area (Å²) in [6.45, 7) is 4.40. The van der Waals surface area contributed by atoms with Gasteiger partial charge in [-0.1, -0.05) is 27.5 Å². The molecule has 1 unspecified atom stereocenters. The maximum atomic E-state index is 12.6. The van der Waals surface area contributed by atoms with Crippen molar-refractivity contribution in [3.05, 3.63) is 27.7 Å². The van der Waals surface area contributed by atoms with E-state index in [1.54, 1.807) is 24.1 Å². The summed E-state index contributed by atoms with van der Waals surface area (Å²) in [5.41, 5.74) is 0.653. The van der Waals surface area contributed by atoms with Crippen molar-refractivity contribution in [2.24, 2.45) is 5.92 Å². The first-order valence-corrected chi connectivity index (χ1v) is 8.00. The standard InChI is InChI=1S/C15H18BrClN2O2/c1-9(2)19-8-10(6-14(19)20)15(21)18(3)13-5-4-11(16)7-12(13)17/h4-5,7,9-10H,6,8H2,1-3H3. The van der Waals surface area contributed by atoms with Crippen molar-refractivity contribution in [1.29, 1.82) is 0 Å². The van der Waals surface area contributed by atoms with Gasteiger partial charge < -0.3 is 9.80 Å². The molecule has 0 bridgehead atoms. The van der Waals surface area contributed by atoms with Gasteiger partial charge in [0.05, 0.1) is 16.6 Å². The average Bonchev–Trinajstić information content (AvgIpc) is 2.79. The number of benzene rings is 1. The first-order chi connectivity index (χ1) is 9.81. The minimum absolute atomic E-state index is 0.0404. The van der Waals surface area contributed by atoms with E-state index < -0.39 is 0 Å². The zero-order valence-electron chi connectivity index (χ0n) is 12.3. The number of hydrogen-bond donors (Lipinski definition) is 0. The predicted octanol–water partition coefficient (Wildman–Crippen LogP) is 3.32. The molecular weight excluding hydrogens is 356 g/mol. The fourth-order valence-electron chi connectivity index (χ4n) is 2.54. The maximum Gasteiger partial charge on any atom is 0.232 e. The molecule has 0 spiro atoms. The van der Waals surface area contributed by atoms with E-state index in [2.05, 4.69) is 15.9 Å². The van der Waals surface area contributed by atoms with Crippen molar-refractivity contribution < 1.29 is 9.59 Å². The molecule has 21 heavy (non-hydrogen) atoms. The largest absolute Gasteiger partial charge is 0.339 e. The molecule has 0 N–H and O–H groups in total. The summed E-state index contributed by atoms with van der Waals surface area (Å²) in [6.07, 6.45) is 0.273. The summed E-state index contributed by atoms with van der Waals surface area (Å²) in [6, 6.07) is 5.50. The number of nitrogens with zero attached hydrogens (tertiary/aromatic N) is 2. The van der Waals surface area contributed by atoms with E-state index in [0.29, 0.717) is 17.3 Å². The van der Waals surface area contributed by atoms with Crippen LogP contribution in [0.15, 0.2) is 22.7 Å². The van der Waals surface area contributed by atoms with Crippen molar-refractivity contribution in [1.82, 2.24) is 4.90 Å². The number of rotatable bonds is 3. The van der Waals surface area contributed by atoms with Gasteiger partial charge in [0.2, 0.25) is 11.8 Å². The summed E-state index contributed by atoms with van der Waals surface area (Å²) in [5, 5.41) is 0.505. The lowest BCUT2D eigenvalue weighted by atomic mass is 10.1. The van der Waals surface area contributed by atoms with Gasteiger partial charge in [0.15, 0.2) is 0 Å². The molecule has 4 nitrogen and oxygen atoms in total. The lowest BCUT2D eigenvalue weighted by molar-refractivity contribution is -0.129. The van der Waals surface area contributed by atoms with E-state index in [0.717, 1.165) is 4.47 Å². The zero-order valence-corrected chi connectivity index (χ0v) is 14.6. The summed E-state index contributed by atoms with van der Waals surface area (Å²) in [5.74, 6) is -0.334. The Bertz CT molecular complexity index is 577. The Morgan fingerprint density at radius 1 is 1.48 bits per heavy atom. The van der Waals surface area contributed by atoms with Crippen molar-refractivity contribution in [3.63, 3.8) is 0 Å². The van der Waals surface area contributed by atoms with E-state index in [1.807, 2.05) is 19.9 Å². The van der Waals surface area contributed by atoms with Gasteiger partial charge >= 0.3 is 0 Å². The van der Waals surface area contributed by atoms with Crippen molar-refractivity contribution in [2.45, 2.75) is 26.3 Å². The minimum atomic E-state index is -0.301. The third kappa shape index (κ3) is 3.40. The van der Waals surface area contributed by atoms with Gasteiger partial charge in [-0.2, -0.15) is 0 Å². The van der Waals surface area contributed by atoms with E-state index in [4.69, 9.17) is 11.6 Å². The van der Waals surface area contributed by atoms with Crippen LogP contribution >= 0.6 is 27.5 Å². The van der Waals surface area contributed by atoms with Crippen LogP contribution in [0.4, 0.5) is 5.69 Å². The van der Waals surface area contributed by atoms with Gasteiger partial charge in [0.1, 0.15) is 0 Å². The molecule has 1 heterocycles. The molecule has 6 heteroatoms. The van der Waals surface area contributed by atoms with Crippen LogP contribution in [-0.4, -0.2) is 36.3 Å². The Morgan fingerprint density at radius 2 is 2.14 bits per heavy atom. The lowest BCUT2D eigenvalue weighted by Crippen LogP contribution is -2.36. The third-order valence-corrected chi connectivity index (χ3v) is 4.53. The van der Waals surface area contributed by atoms with Gasteiger partial charge in [-0.05, 0) is 32.0 Å². The molecular formula is C15H18BrClN2O2. The number of carbonyl (C=O) groups excluding carboxylic acids is 2. The number of amides is 2. The smallest absolute Gasteiger partial charge is 0.232 e. The fraction of sp³-hybridized carbons (Fsp3) is 0.467. The van der Waals surface area contributed by atoms with Crippen LogP contribution in [0.25, 0.3) is 0 Å². The summed E-state index contributed by atoms with van der Waals surface area (Å²) < 4.78 is 0.860. The molecule has 1 atom stereocenters.